The van der Waals surface area contributed by atoms with E-state index in [0.29, 0.717) is 28.9 Å². The molecule has 0 aliphatic heterocycles. The van der Waals surface area contributed by atoms with Gasteiger partial charge in [-0.2, -0.15) is 0 Å². The van der Waals surface area contributed by atoms with Crippen LogP contribution in [0.15, 0.2) is 18.2 Å². The van der Waals surface area contributed by atoms with E-state index in [9.17, 15) is 4.79 Å². The zero-order valence-electron chi connectivity index (χ0n) is 11.8. The Morgan fingerprint density at radius 3 is 2.60 bits per heavy atom. The molecule has 1 aliphatic carbocycles. The standard InChI is InChI=1S/C16H21Cl2NO/c1-11-5-7-16(10-19,8-6-11)14(20)9-12-3-2-4-13(17)15(12)18/h2-4,11H,5-10,19H2,1H3. The van der Waals surface area contributed by atoms with Gasteiger partial charge >= 0.3 is 0 Å². The van der Waals surface area contributed by atoms with Gasteiger partial charge in [0.2, 0.25) is 0 Å². The number of rotatable bonds is 4. The molecule has 1 aliphatic rings. The number of hydrogen-bond acceptors (Lipinski definition) is 2. The van der Waals surface area contributed by atoms with Gasteiger partial charge in [0.25, 0.3) is 0 Å². The van der Waals surface area contributed by atoms with Gasteiger partial charge in [-0.3, -0.25) is 4.79 Å². The lowest BCUT2D eigenvalue weighted by Gasteiger charge is -2.37. The molecule has 0 bridgehead atoms. The molecule has 0 unspecified atom stereocenters. The second kappa shape index (κ2) is 6.46. The number of ketones is 1. The molecule has 0 atom stereocenters. The van der Waals surface area contributed by atoms with E-state index >= 15 is 0 Å². The van der Waals surface area contributed by atoms with Crippen molar-refractivity contribution >= 4 is 29.0 Å². The number of halogens is 2. The first-order valence-electron chi connectivity index (χ1n) is 7.15. The summed E-state index contributed by atoms with van der Waals surface area (Å²) in [6.45, 7) is 2.66. The van der Waals surface area contributed by atoms with Gasteiger partial charge in [-0.15, -0.1) is 0 Å². The second-order valence-corrected chi connectivity index (χ2v) is 6.77. The molecule has 2 N–H and O–H groups in total. The van der Waals surface area contributed by atoms with E-state index in [2.05, 4.69) is 6.92 Å². The van der Waals surface area contributed by atoms with Crippen LogP contribution in [0.1, 0.15) is 38.2 Å². The molecule has 0 amide bonds. The maximum absolute atomic E-state index is 12.7. The van der Waals surface area contributed by atoms with Gasteiger partial charge in [0.1, 0.15) is 5.78 Å². The van der Waals surface area contributed by atoms with Gasteiger partial charge in [0, 0.05) is 18.4 Å². The highest BCUT2D eigenvalue weighted by Crippen LogP contribution is 2.40. The summed E-state index contributed by atoms with van der Waals surface area (Å²) in [6.07, 6.45) is 4.26. The molecule has 0 aromatic heterocycles. The van der Waals surface area contributed by atoms with Crippen molar-refractivity contribution < 1.29 is 4.79 Å². The Hall–Kier alpha value is -0.570. The number of Topliss-reactive ketones (excluding diaryl/α,β-unsaturated/α-hetero) is 1. The van der Waals surface area contributed by atoms with Gasteiger partial charge in [-0.1, -0.05) is 42.3 Å². The molecule has 1 saturated carbocycles. The first-order valence-corrected chi connectivity index (χ1v) is 7.90. The first kappa shape index (κ1) is 15.8. The predicted octanol–water partition coefficient (Wildman–Crippen LogP) is 4.26. The minimum absolute atomic E-state index is 0.205. The Labute approximate surface area is 130 Å². The van der Waals surface area contributed by atoms with E-state index in [0.717, 1.165) is 31.2 Å². The van der Waals surface area contributed by atoms with Crippen molar-refractivity contribution in [2.75, 3.05) is 6.54 Å². The van der Waals surface area contributed by atoms with Crippen molar-refractivity contribution in [3.05, 3.63) is 33.8 Å². The molecule has 0 heterocycles. The average molecular weight is 314 g/mol. The molecular formula is C16H21Cl2NO. The van der Waals surface area contributed by atoms with Gasteiger partial charge in [0.05, 0.1) is 10.0 Å². The highest BCUT2D eigenvalue weighted by Gasteiger charge is 2.39. The molecule has 1 fully saturated rings. The van der Waals surface area contributed by atoms with E-state index in [1.807, 2.05) is 12.1 Å². The summed E-state index contributed by atoms with van der Waals surface area (Å²) in [5, 5.41) is 0.981. The van der Waals surface area contributed by atoms with Crippen molar-refractivity contribution in [2.24, 2.45) is 17.1 Å². The molecule has 20 heavy (non-hydrogen) atoms. The topological polar surface area (TPSA) is 43.1 Å². The van der Waals surface area contributed by atoms with Crippen LogP contribution >= 0.6 is 23.2 Å². The van der Waals surface area contributed by atoms with Crippen LogP contribution in [0.3, 0.4) is 0 Å². The molecule has 110 valence electrons. The van der Waals surface area contributed by atoms with Crippen molar-refractivity contribution in [3.63, 3.8) is 0 Å². The predicted molar refractivity (Wildman–Crippen MR) is 84.3 cm³/mol. The lowest BCUT2D eigenvalue weighted by Crippen LogP contribution is -2.42. The molecule has 0 radical (unpaired) electrons. The quantitative estimate of drug-likeness (QED) is 0.902. The van der Waals surface area contributed by atoms with Crippen molar-refractivity contribution in [1.29, 1.82) is 0 Å². The van der Waals surface area contributed by atoms with E-state index < -0.39 is 0 Å². The third-order valence-corrected chi connectivity index (χ3v) is 5.45. The van der Waals surface area contributed by atoms with E-state index in [-0.39, 0.29) is 11.2 Å². The molecule has 2 rings (SSSR count). The Morgan fingerprint density at radius 2 is 2.00 bits per heavy atom. The Morgan fingerprint density at radius 1 is 1.35 bits per heavy atom. The fourth-order valence-corrected chi connectivity index (χ4v) is 3.34. The lowest BCUT2D eigenvalue weighted by atomic mass is 9.67. The fourth-order valence-electron chi connectivity index (χ4n) is 2.96. The van der Waals surface area contributed by atoms with Crippen LogP contribution in [0, 0.1) is 11.3 Å². The SMILES string of the molecule is CC1CCC(CN)(C(=O)Cc2cccc(Cl)c2Cl)CC1. The molecule has 1 aromatic carbocycles. The highest BCUT2D eigenvalue weighted by atomic mass is 35.5. The smallest absolute Gasteiger partial charge is 0.144 e. The maximum atomic E-state index is 12.7. The van der Waals surface area contributed by atoms with Crippen molar-refractivity contribution in [1.82, 2.24) is 0 Å². The summed E-state index contributed by atoms with van der Waals surface area (Å²) in [6, 6.07) is 5.43. The molecule has 0 spiro atoms. The summed E-state index contributed by atoms with van der Waals surface area (Å²) in [5.74, 6) is 0.897. The third-order valence-electron chi connectivity index (χ3n) is 4.60. The lowest BCUT2D eigenvalue weighted by molar-refractivity contribution is -0.129. The zero-order chi connectivity index (χ0) is 14.8. The van der Waals surface area contributed by atoms with Gasteiger partial charge in [0.15, 0.2) is 0 Å². The monoisotopic (exact) mass is 313 g/mol. The Kier molecular flexibility index (Phi) is 5.11. The van der Waals surface area contributed by atoms with E-state index in [1.54, 1.807) is 6.07 Å². The van der Waals surface area contributed by atoms with Crippen LogP contribution in [-0.4, -0.2) is 12.3 Å². The minimum Gasteiger partial charge on any atom is -0.329 e. The van der Waals surface area contributed by atoms with Crippen LogP contribution in [0.4, 0.5) is 0 Å². The third kappa shape index (κ3) is 3.19. The van der Waals surface area contributed by atoms with Gasteiger partial charge in [-0.05, 0) is 43.2 Å². The van der Waals surface area contributed by atoms with Crippen LogP contribution in [-0.2, 0) is 11.2 Å². The molecule has 1 aromatic rings. The summed E-state index contributed by atoms with van der Waals surface area (Å²) >= 11 is 12.2. The number of carbonyl (C=O) groups is 1. The second-order valence-electron chi connectivity index (χ2n) is 5.98. The van der Waals surface area contributed by atoms with E-state index in [1.165, 1.54) is 0 Å². The highest BCUT2D eigenvalue weighted by molar-refractivity contribution is 6.42. The summed E-state index contributed by atoms with van der Waals surface area (Å²) < 4.78 is 0. The van der Waals surface area contributed by atoms with Crippen LogP contribution in [0.25, 0.3) is 0 Å². The molecule has 4 heteroatoms. The summed E-state index contributed by atoms with van der Waals surface area (Å²) in [4.78, 5) is 12.7. The van der Waals surface area contributed by atoms with Gasteiger partial charge in [-0.25, -0.2) is 0 Å². The van der Waals surface area contributed by atoms with Gasteiger partial charge < -0.3 is 5.73 Å². The maximum Gasteiger partial charge on any atom is 0.144 e. The average Bonchev–Trinajstić information content (AvgIpc) is 2.45. The zero-order valence-corrected chi connectivity index (χ0v) is 13.3. The van der Waals surface area contributed by atoms with Crippen molar-refractivity contribution in [2.45, 2.75) is 39.0 Å². The first-order chi connectivity index (χ1) is 9.48. The van der Waals surface area contributed by atoms with Crippen LogP contribution < -0.4 is 5.73 Å². The largest absolute Gasteiger partial charge is 0.329 e. The Balaban J connectivity index is 2.16. The van der Waals surface area contributed by atoms with E-state index in [4.69, 9.17) is 28.9 Å². The Bertz CT molecular complexity index is 493. The molecule has 0 saturated heterocycles. The number of hydrogen-bond donors (Lipinski definition) is 1. The summed E-state index contributed by atoms with van der Waals surface area (Å²) in [5.41, 5.74) is 6.36. The number of carbonyl (C=O) groups excluding carboxylic acids is 1. The number of benzene rings is 1. The summed E-state index contributed by atoms with van der Waals surface area (Å²) in [7, 11) is 0. The molecular weight excluding hydrogens is 293 g/mol. The number of nitrogens with two attached hydrogens (primary N) is 1. The molecule has 2 nitrogen and oxygen atoms in total. The fraction of sp³-hybridized carbons (Fsp3) is 0.562. The normalized spacial score (nSPS) is 26.5. The van der Waals surface area contributed by atoms with Crippen LogP contribution in [0.2, 0.25) is 10.0 Å². The van der Waals surface area contributed by atoms with Crippen LogP contribution in [0.5, 0.6) is 0 Å². The van der Waals surface area contributed by atoms with Crippen molar-refractivity contribution in [3.8, 4) is 0 Å². The minimum atomic E-state index is -0.363.